The van der Waals surface area contributed by atoms with Crippen molar-refractivity contribution < 1.29 is 13.6 Å². The molecule has 0 saturated carbocycles. The second-order valence-corrected chi connectivity index (χ2v) is 6.42. The lowest BCUT2D eigenvalue weighted by Gasteiger charge is -2.26. The molecule has 0 atom stereocenters. The summed E-state index contributed by atoms with van der Waals surface area (Å²) in [6.07, 6.45) is 6.43. The summed E-state index contributed by atoms with van der Waals surface area (Å²) in [7, 11) is 0. The van der Waals surface area contributed by atoms with Crippen molar-refractivity contribution in [3.8, 4) is 0 Å². The van der Waals surface area contributed by atoms with Crippen molar-refractivity contribution in [3.63, 3.8) is 0 Å². The maximum absolute atomic E-state index is 13.7. The second-order valence-electron chi connectivity index (χ2n) is 6.42. The third-order valence-corrected chi connectivity index (χ3v) is 4.74. The molecule has 7 heteroatoms. The van der Waals surface area contributed by atoms with Crippen LogP contribution in [0.3, 0.4) is 0 Å². The number of urea groups is 1. The fraction of sp³-hybridized carbons (Fsp3) is 0.200. The Morgan fingerprint density at radius 2 is 2.19 bits per heavy atom. The van der Waals surface area contributed by atoms with Crippen LogP contribution in [-0.4, -0.2) is 34.0 Å². The van der Waals surface area contributed by atoms with Gasteiger partial charge in [0.15, 0.2) is 0 Å². The number of rotatable bonds is 3. The summed E-state index contributed by atoms with van der Waals surface area (Å²) in [6, 6.07) is 6.98. The highest BCUT2D eigenvalue weighted by Gasteiger charge is 2.19. The van der Waals surface area contributed by atoms with Crippen molar-refractivity contribution in [2.45, 2.75) is 13.0 Å². The molecule has 0 spiro atoms. The lowest BCUT2D eigenvalue weighted by atomic mass is 10.00. The van der Waals surface area contributed by atoms with E-state index in [9.17, 15) is 13.6 Å². The topological polar surface area (TPSA) is 61.0 Å². The lowest BCUT2D eigenvalue weighted by molar-refractivity contribution is 0.202. The van der Waals surface area contributed by atoms with E-state index in [1.165, 1.54) is 17.7 Å². The summed E-state index contributed by atoms with van der Waals surface area (Å²) in [5, 5.41) is 3.75. The normalized spacial score (nSPS) is 14.3. The molecular weight excluding hydrogens is 350 g/mol. The van der Waals surface area contributed by atoms with Crippen LogP contribution < -0.4 is 5.32 Å². The molecule has 27 heavy (non-hydrogen) atoms. The number of halogens is 2. The van der Waals surface area contributed by atoms with E-state index >= 15 is 0 Å². The van der Waals surface area contributed by atoms with Crippen LogP contribution in [0, 0.1) is 11.6 Å². The molecule has 1 aromatic carbocycles. The van der Waals surface area contributed by atoms with Gasteiger partial charge in [0.05, 0.1) is 0 Å². The van der Waals surface area contributed by atoms with Gasteiger partial charge in [0.25, 0.3) is 0 Å². The van der Waals surface area contributed by atoms with Crippen LogP contribution in [0.1, 0.15) is 17.5 Å². The van der Waals surface area contributed by atoms with Crippen molar-refractivity contribution in [2.24, 2.45) is 0 Å². The SMILES string of the molecule is O=C(NCc1ccc(F)cc1F)N1CC=C(c2c[nH]c3ncccc23)CC1. The van der Waals surface area contributed by atoms with Crippen molar-refractivity contribution in [2.75, 3.05) is 13.1 Å². The molecule has 4 rings (SSSR count). The number of fused-ring (bicyclic) bond motifs is 1. The first-order chi connectivity index (χ1) is 13.1. The van der Waals surface area contributed by atoms with E-state index in [2.05, 4.69) is 15.3 Å². The van der Waals surface area contributed by atoms with Gasteiger partial charge in [0.1, 0.15) is 17.3 Å². The quantitative estimate of drug-likeness (QED) is 0.738. The first-order valence-corrected chi connectivity index (χ1v) is 8.70. The fourth-order valence-electron chi connectivity index (χ4n) is 3.27. The number of pyridine rings is 1. The van der Waals surface area contributed by atoms with Gasteiger partial charge in [-0.3, -0.25) is 0 Å². The number of aromatic nitrogens is 2. The molecule has 3 heterocycles. The number of aromatic amines is 1. The monoisotopic (exact) mass is 368 g/mol. The van der Waals surface area contributed by atoms with Crippen LogP contribution >= 0.6 is 0 Å². The number of hydrogen-bond acceptors (Lipinski definition) is 2. The van der Waals surface area contributed by atoms with Gasteiger partial charge in [-0.05, 0) is 30.2 Å². The van der Waals surface area contributed by atoms with E-state index in [-0.39, 0.29) is 18.1 Å². The van der Waals surface area contributed by atoms with Crippen molar-refractivity contribution >= 4 is 22.6 Å². The Morgan fingerprint density at radius 1 is 1.30 bits per heavy atom. The number of amides is 2. The molecule has 2 amide bonds. The summed E-state index contributed by atoms with van der Waals surface area (Å²) >= 11 is 0. The molecule has 5 nitrogen and oxygen atoms in total. The third kappa shape index (κ3) is 3.53. The molecule has 0 aliphatic carbocycles. The van der Waals surface area contributed by atoms with Crippen LogP contribution in [0.15, 0.2) is 48.8 Å². The molecule has 2 N–H and O–H groups in total. The van der Waals surface area contributed by atoms with Gasteiger partial charge < -0.3 is 15.2 Å². The number of benzene rings is 1. The van der Waals surface area contributed by atoms with E-state index in [1.807, 2.05) is 24.4 Å². The molecular formula is C20H18F2N4O. The number of nitrogens with zero attached hydrogens (tertiary/aromatic N) is 2. The molecule has 3 aromatic rings. The van der Waals surface area contributed by atoms with E-state index in [1.54, 1.807) is 11.1 Å². The molecule has 1 aliphatic rings. The average Bonchev–Trinajstić information content (AvgIpc) is 3.11. The summed E-state index contributed by atoms with van der Waals surface area (Å²) in [4.78, 5) is 21.4. The molecule has 2 aromatic heterocycles. The number of carbonyl (C=O) groups is 1. The Bertz CT molecular complexity index is 1030. The van der Waals surface area contributed by atoms with Gasteiger partial charge in [0.2, 0.25) is 0 Å². The minimum atomic E-state index is -0.663. The number of nitrogens with one attached hydrogen (secondary N) is 2. The predicted molar refractivity (Wildman–Crippen MR) is 98.9 cm³/mol. The Labute approximate surface area is 154 Å². The Hall–Kier alpha value is -3.22. The van der Waals surface area contributed by atoms with Gasteiger partial charge in [-0.25, -0.2) is 18.6 Å². The summed E-state index contributed by atoms with van der Waals surface area (Å²) in [6.45, 7) is 1.06. The molecule has 0 radical (unpaired) electrons. The average molecular weight is 368 g/mol. The van der Waals surface area contributed by atoms with Crippen LogP contribution in [0.4, 0.5) is 13.6 Å². The minimum Gasteiger partial charge on any atom is -0.346 e. The van der Waals surface area contributed by atoms with Crippen LogP contribution in [-0.2, 0) is 6.54 Å². The Kier molecular flexibility index (Phi) is 4.58. The minimum absolute atomic E-state index is 0.0200. The highest BCUT2D eigenvalue weighted by Crippen LogP contribution is 2.28. The predicted octanol–water partition coefficient (Wildman–Crippen LogP) is 3.84. The standard InChI is InChI=1S/C20H18F2N4O/c21-15-4-3-14(18(22)10-15)11-25-20(27)26-8-5-13(6-9-26)17-12-24-19-16(17)2-1-7-23-19/h1-5,7,10,12H,6,8-9,11H2,(H,23,24)(H,25,27). The van der Waals surface area contributed by atoms with Gasteiger partial charge in [-0.1, -0.05) is 12.1 Å². The lowest BCUT2D eigenvalue weighted by Crippen LogP contribution is -2.41. The van der Waals surface area contributed by atoms with E-state index in [4.69, 9.17) is 0 Å². The Morgan fingerprint density at radius 3 is 2.96 bits per heavy atom. The zero-order chi connectivity index (χ0) is 18.8. The maximum Gasteiger partial charge on any atom is 0.317 e. The summed E-state index contributed by atoms with van der Waals surface area (Å²) in [5.41, 5.74) is 3.37. The number of H-pyrrole nitrogens is 1. The van der Waals surface area contributed by atoms with Crippen molar-refractivity contribution in [1.29, 1.82) is 0 Å². The highest BCUT2D eigenvalue weighted by molar-refractivity contribution is 5.91. The van der Waals surface area contributed by atoms with Gasteiger partial charge in [0, 0.05) is 54.6 Å². The van der Waals surface area contributed by atoms with E-state index in [0.29, 0.717) is 13.1 Å². The van der Waals surface area contributed by atoms with Crippen LogP contribution in [0.25, 0.3) is 16.6 Å². The highest BCUT2D eigenvalue weighted by atomic mass is 19.1. The van der Waals surface area contributed by atoms with Crippen LogP contribution in [0.2, 0.25) is 0 Å². The van der Waals surface area contributed by atoms with Crippen molar-refractivity contribution in [3.05, 3.63) is 71.6 Å². The number of hydrogen-bond donors (Lipinski definition) is 2. The molecule has 1 aliphatic heterocycles. The second kappa shape index (κ2) is 7.19. The van der Waals surface area contributed by atoms with Gasteiger partial charge in [-0.15, -0.1) is 0 Å². The molecule has 138 valence electrons. The maximum atomic E-state index is 13.7. The van der Waals surface area contributed by atoms with Gasteiger partial charge in [-0.2, -0.15) is 0 Å². The molecule has 0 fully saturated rings. The summed E-state index contributed by atoms with van der Waals surface area (Å²) < 4.78 is 26.6. The Balaban J connectivity index is 1.40. The zero-order valence-electron chi connectivity index (χ0n) is 14.5. The van der Waals surface area contributed by atoms with E-state index < -0.39 is 11.6 Å². The zero-order valence-corrected chi connectivity index (χ0v) is 14.5. The van der Waals surface area contributed by atoms with E-state index in [0.717, 1.165) is 29.1 Å². The van der Waals surface area contributed by atoms with Crippen molar-refractivity contribution in [1.82, 2.24) is 20.2 Å². The first kappa shape index (κ1) is 17.2. The summed E-state index contributed by atoms with van der Waals surface area (Å²) in [5.74, 6) is -1.30. The van der Waals surface area contributed by atoms with Crippen LogP contribution in [0.5, 0.6) is 0 Å². The van der Waals surface area contributed by atoms with Gasteiger partial charge >= 0.3 is 6.03 Å². The third-order valence-electron chi connectivity index (χ3n) is 4.74. The first-order valence-electron chi connectivity index (χ1n) is 8.70. The fourth-order valence-corrected chi connectivity index (χ4v) is 3.27. The largest absolute Gasteiger partial charge is 0.346 e. The molecule has 0 unspecified atom stereocenters. The molecule has 0 saturated heterocycles. The number of carbonyl (C=O) groups excluding carboxylic acids is 1. The smallest absolute Gasteiger partial charge is 0.317 e. The molecule has 0 bridgehead atoms.